The summed E-state index contributed by atoms with van der Waals surface area (Å²) >= 11 is 0. The molecule has 1 aromatic carbocycles. The van der Waals surface area contributed by atoms with Crippen LogP contribution in [0.4, 0.5) is 10.1 Å². The summed E-state index contributed by atoms with van der Waals surface area (Å²) < 4.78 is 13.9. The topological polar surface area (TPSA) is 72.0 Å². The number of hydrogen-bond donors (Lipinski definition) is 3. The number of piperazine rings is 1. The Morgan fingerprint density at radius 2 is 1.80 bits per heavy atom. The van der Waals surface area contributed by atoms with Crippen LogP contribution in [0.15, 0.2) is 29.3 Å². The molecule has 9 heteroatoms. The molecule has 1 amide bonds. The molecule has 0 unspecified atom stereocenters. The van der Waals surface area contributed by atoms with Gasteiger partial charge in [0.05, 0.1) is 12.2 Å². The molecule has 3 N–H and O–H groups in total. The van der Waals surface area contributed by atoms with Gasteiger partial charge in [0.15, 0.2) is 5.96 Å². The molecule has 1 saturated heterocycles. The van der Waals surface area contributed by atoms with Gasteiger partial charge in [-0.25, -0.2) is 4.39 Å². The normalized spacial score (nSPS) is 15.4. The minimum absolute atomic E-state index is 0. The second-order valence-electron chi connectivity index (χ2n) is 8.28. The molecule has 0 bridgehead atoms. The lowest BCUT2D eigenvalue weighted by Crippen LogP contribution is -2.49. The van der Waals surface area contributed by atoms with Gasteiger partial charge in [0.1, 0.15) is 5.82 Å². The van der Waals surface area contributed by atoms with Gasteiger partial charge in [-0.2, -0.15) is 0 Å². The third-order valence-electron chi connectivity index (χ3n) is 4.66. The smallest absolute Gasteiger partial charge is 0.239 e. The lowest BCUT2D eigenvalue weighted by molar-refractivity contribution is -0.121. The molecule has 1 aliphatic rings. The maximum absolute atomic E-state index is 13.9. The number of carbonyl (C=O) groups excluding carboxylic acids is 1. The van der Waals surface area contributed by atoms with Crippen molar-refractivity contribution < 1.29 is 9.18 Å². The van der Waals surface area contributed by atoms with Crippen LogP contribution < -0.4 is 20.9 Å². The van der Waals surface area contributed by atoms with Crippen LogP contribution in [-0.2, 0) is 4.79 Å². The van der Waals surface area contributed by atoms with Crippen LogP contribution >= 0.6 is 24.0 Å². The average Bonchev–Trinajstić information content (AvgIpc) is 2.67. The van der Waals surface area contributed by atoms with E-state index in [0.717, 1.165) is 45.7 Å². The van der Waals surface area contributed by atoms with E-state index in [4.69, 9.17) is 0 Å². The first-order valence-electron chi connectivity index (χ1n) is 10.3. The highest BCUT2D eigenvalue weighted by Crippen LogP contribution is 2.20. The van der Waals surface area contributed by atoms with Crippen molar-refractivity contribution in [3.63, 3.8) is 0 Å². The molecule has 1 aliphatic heterocycles. The highest BCUT2D eigenvalue weighted by atomic mass is 127. The van der Waals surface area contributed by atoms with Crippen LogP contribution in [0.3, 0.4) is 0 Å². The van der Waals surface area contributed by atoms with Gasteiger partial charge in [-0.15, -0.1) is 24.0 Å². The molecular formula is C21H36FIN6O. The number of benzene rings is 1. The molecule has 0 spiro atoms. The highest BCUT2D eigenvalue weighted by molar-refractivity contribution is 14.0. The molecule has 170 valence electrons. The number of rotatable bonds is 7. The second-order valence-corrected chi connectivity index (χ2v) is 8.28. The van der Waals surface area contributed by atoms with Crippen molar-refractivity contribution in [2.45, 2.75) is 32.7 Å². The molecule has 0 atom stereocenters. The number of nitrogens with zero attached hydrogens (tertiary/aromatic N) is 3. The maximum Gasteiger partial charge on any atom is 0.239 e. The quantitative estimate of drug-likeness (QED) is 0.216. The van der Waals surface area contributed by atoms with E-state index in [-0.39, 0.29) is 47.8 Å². The lowest BCUT2D eigenvalue weighted by Gasteiger charge is -2.36. The Morgan fingerprint density at radius 3 is 2.40 bits per heavy atom. The van der Waals surface area contributed by atoms with E-state index >= 15 is 0 Å². The molecule has 1 aromatic rings. The van der Waals surface area contributed by atoms with Crippen LogP contribution in [0.25, 0.3) is 0 Å². The predicted octanol–water partition coefficient (Wildman–Crippen LogP) is 2.04. The van der Waals surface area contributed by atoms with Crippen molar-refractivity contribution in [2.75, 3.05) is 57.8 Å². The number of guanidine groups is 1. The number of amides is 1. The summed E-state index contributed by atoms with van der Waals surface area (Å²) in [6.45, 7) is 11.3. The summed E-state index contributed by atoms with van der Waals surface area (Å²) in [5.41, 5.74) is 0.450. The van der Waals surface area contributed by atoms with E-state index in [9.17, 15) is 9.18 Å². The van der Waals surface area contributed by atoms with Gasteiger partial charge in [0, 0.05) is 45.3 Å². The maximum atomic E-state index is 13.9. The van der Waals surface area contributed by atoms with Gasteiger partial charge in [-0.05, 0) is 45.9 Å². The number of para-hydroxylation sites is 1. The van der Waals surface area contributed by atoms with E-state index in [2.05, 4.69) is 30.7 Å². The first kappa shape index (κ1) is 26.4. The van der Waals surface area contributed by atoms with Crippen LogP contribution in [0.5, 0.6) is 0 Å². The lowest BCUT2D eigenvalue weighted by atomic mass is 10.1. The molecule has 0 aromatic heterocycles. The zero-order chi connectivity index (χ0) is 21.3. The zero-order valence-electron chi connectivity index (χ0n) is 18.5. The Balaban J connectivity index is 0.00000450. The van der Waals surface area contributed by atoms with Gasteiger partial charge >= 0.3 is 0 Å². The number of aliphatic imine (C=N–C) groups is 1. The Kier molecular flexibility index (Phi) is 11.4. The average molecular weight is 534 g/mol. The summed E-state index contributed by atoms with van der Waals surface area (Å²) in [6.07, 6.45) is 0.967. The molecule has 1 fully saturated rings. The monoisotopic (exact) mass is 534 g/mol. The Labute approximate surface area is 196 Å². The van der Waals surface area contributed by atoms with Gasteiger partial charge in [0.25, 0.3) is 0 Å². The van der Waals surface area contributed by atoms with Crippen molar-refractivity contribution in [1.82, 2.24) is 20.9 Å². The molecule has 7 nitrogen and oxygen atoms in total. The Bertz CT molecular complexity index is 686. The van der Waals surface area contributed by atoms with Crippen LogP contribution in [0.1, 0.15) is 27.2 Å². The fourth-order valence-corrected chi connectivity index (χ4v) is 3.28. The largest absolute Gasteiger partial charge is 0.367 e. The van der Waals surface area contributed by atoms with Crippen molar-refractivity contribution in [2.24, 2.45) is 4.99 Å². The number of anilines is 1. The van der Waals surface area contributed by atoms with Crippen LogP contribution in [0, 0.1) is 5.82 Å². The fourth-order valence-electron chi connectivity index (χ4n) is 3.28. The zero-order valence-corrected chi connectivity index (χ0v) is 20.8. The molecule has 0 saturated carbocycles. The van der Waals surface area contributed by atoms with Crippen molar-refractivity contribution in [1.29, 1.82) is 0 Å². The standard InChI is InChI=1S/C21H35FN6O.HI/c1-21(2,3)26-19(29)16-25-20(23-4)24-10-7-11-27-12-14-28(15-13-27)18-9-6-5-8-17(18)22;/h5-6,8-9H,7,10-16H2,1-4H3,(H,26,29)(H2,23,24,25);1H. The van der Waals surface area contributed by atoms with Crippen molar-refractivity contribution in [3.8, 4) is 0 Å². The number of hydrogen-bond acceptors (Lipinski definition) is 4. The third kappa shape index (κ3) is 9.46. The van der Waals surface area contributed by atoms with Gasteiger partial charge in [-0.3, -0.25) is 14.7 Å². The predicted molar refractivity (Wildman–Crippen MR) is 132 cm³/mol. The van der Waals surface area contributed by atoms with E-state index in [1.807, 2.05) is 32.9 Å². The molecule has 1 heterocycles. The van der Waals surface area contributed by atoms with E-state index in [0.29, 0.717) is 11.6 Å². The summed E-state index contributed by atoms with van der Waals surface area (Å²) in [5.74, 6) is 0.409. The summed E-state index contributed by atoms with van der Waals surface area (Å²) in [6, 6.07) is 6.96. The summed E-state index contributed by atoms with van der Waals surface area (Å²) in [5, 5.41) is 9.18. The van der Waals surface area contributed by atoms with Crippen LogP contribution in [0.2, 0.25) is 0 Å². The first-order chi connectivity index (χ1) is 13.8. The van der Waals surface area contributed by atoms with Gasteiger partial charge in [-0.1, -0.05) is 12.1 Å². The SMILES string of the molecule is CN=C(NCCCN1CCN(c2ccccc2F)CC1)NCC(=O)NC(C)(C)C.I. The number of halogens is 2. The number of nitrogens with one attached hydrogen (secondary N) is 3. The highest BCUT2D eigenvalue weighted by Gasteiger charge is 2.19. The number of carbonyl (C=O) groups is 1. The van der Waals surface area contributed by atoms with E-state index in [1.54, 1.807) is 13.1 Å². The van der Waals surface area contributed by atoms with Gasteiger partial charge in [0.2, 0.25) is 5.91 Å². The minimum atomic E-state index is -0.244. The fraction of sp³-hybridized carbons (Fsp3) is 0.619. The Morgan fingerprint density at radius 1 is 1.13 bits per heavy atom. The molecule has 0 aliphatic carbocycles. The third-order valence-corrected chi connectivity index (χ3v) is 4.66. The van der Waals surface area contributed by atoms with E-state index < -0.39 is 0 Å². The van der Waals surface area contributed by atoms with Crippen molar-refractivity contribution >= 4 is 41.5 Å². The molecular weight excluding hydrogens is 498 g/mol. The first-order valence-corrected chi connectivity index (χ1v) is 10.3. The van der Waals surface area contributed by atoms with E-state index in [1.165, 1.54) is 6.07 Å². The molecule has 2 rings (SSSR count). The summed E-state index contributed by atoms with van der Waals surface area (Å²) in [7, 11) is 1.69. The van der Waals surface area contributed by atoms with Crippen molar-refractivity contribution in [3.05, 3.63) is 30.1 Å². The van der Waals surface area contributed by atoms with Gasteiger partial charge < -0.3 is 20.9 Å². The van der Waals surface area contributed by atoms with Crippen LogP contribution in [-0.4, -0.2) is 75.2 Å². The minimum Gasteiger partial charge on any atom is -0.367 e. The summed E-state index contributed by atoms with van der Waals surface area (Å²) in [4.78, 5) is 20.5. The second kappa shape index (κ2) is 12.9. The molecule has 30 heavy (non-hydrogen) atoms. The molecule has 0 radical (unpaired) electrons. The Hall–Kier alpha value is -1.62.